The maximum Gasteiger partial charge on any atom is 0.245 e. The summed E-state index contributed by atoms with van der Waals surface area (Å²) in [6.07, 6.45) is 1.34. The first kappa shape index (κ1) is 13.2. The summed E-state index contributed by atoms with van der Waals surface area (Å²) in [6.45, 7) is 1.59. The molecule has 1 aromatic carbocycles. The quantitative estimate of drug-likeness (QED) is 0.803. The van der Waals surface area contributed by atoms with Crippen LogP contribution < -0.4 is 5.32 Å². The Kier molecular flexibility index (Phi) is 3.13. The molecule has 0 aliphatic carbocycles. The van der Waals surface area contributed by atoms with Crippen molar-refractivity contribution in [3.05, 3.63) is 41.9 Å². The Morgan fingerprint density at radius 1 is 1.33 bits per heavy atom. The topological polar surface area (TPSA) is 73.0 Å². The van der Waals surface area contributed by atoms with Gasteiger partial charge < -0.3 is 14.4 Å². The molecule has 1 amide bonds. The zero-order valence-corrected chi connectivity index (χ0v) is 10.9. The summed E-state index contributed by atoms with van der Waals surface area (Å²) < 4.78 is 32.6. The van der Waals surface area contributed by atoms with E-state index in [1.807, 2.05) is 0 Å². The van der Waals surface area contributed by atoms with E-state index in [2.05, 4.69) is 15.5 Å². The normalized spacial score (nSPS) is 11.0. The molecule has 6 nitrogen and oxygen atoms in total. The summed E-state index contributed by atoms with van der Waals surface area (Å²) in [6, 6.07) is 3.56. The number of aryl methyl sites for hydroxylation is 1. The molecule has 21 heavy (non-hydrogen) atoms. The smallest absolute Gasteiger partial charge is 0.245 e. The van der Waals surface area contributed by atoms with Gasteiger partial charge in [-0.15, -0.1) is 0 Å². The van der Waals surface area contributed by atoms with Crippen molar-refractivity contribution < 1.29 is 18.1 Å². The van der Waals surface area contributed by atoms with Crippen LogP contribution in [0.25, 0.3) is 11.0 Å². The second-order valence-electron chi connectivity index (χ2n) is 4.50. The van der Waals surface area contributed by atoms with Gasteiger partial charge in [-0.2, -0.15) is 0 Å². The summed E-state index contributed by atoms with van der Waals surface area (Å²) in [5.74, 6) is -1.49. The lowest BCUT2D eigenvalue weighted by molar-refractivity contribution is -0.116. The fourth-order valence-electron chi connectivity index (χ4n) is 1.94. The first-order chi connectivity index (χ1) is 10.0. The van der Waals surface area contributed by atoms with Crippen molar-refractivity contribution in [1.29, 1.82) is 0 Å². The Hall–Kier alpha value is -2.77. The highest BCUT2D eigenvalue weighted by Gasteiger charge is 2.12. The number of carbonyl (C=O) groups is 1. The van der Waals surface area contributed by atoms with Gasteiger partial charge in [0.05, 0.1) is 17.4 Å². The number of amides is 1. The van der Waals surface area contributed by atoms with E-state index in [0.29, 0.717) is 17.1 Å². The van der Waals surface area contributed by atoms with Crippen molar-refractivity contribution in [1.82, 2.24) is 14.7 Å². The number of nitrogens with one attached hydrogen (secondary N) is 1. The number of rotatable bonds is 3. The minimum atomic E-state index is -0.989. The van der Waals surface area contributed by atoms with Crippen molar-refractivity contribution in [3.63, 3.8) is 0 Å². The summed E-state index contributed by atoms with van der Waals surface area (Å²) in [5, 5.41) is 6.16. The summed E-state index contributed by atoms with van der Waals surface area (Å²) in [4.78, 5) is 15.8. The number of anilines is 1. The zero-order valence-electron chi connectivity index (χ0n) is 10.9. The second kappa shape index (κ2) is 4.97. The molecule has 0 atom stereocenters. The van der Waals surface area contributed by atoms with Gasteiger partial charge in [0.2, 0.25) is 5.91 Å². The standard InChI is InChI=1S/C13H10F2N4O2/c1-7-2-12(18-21-7)17-13(20)5-19-6-16-10-3-8(14)9(15)4-11(10)19/h2-4,6H,5H2,1H3,(H,17,18,20). The van der Waals surface area contributed by atoms with E-state index in [1.165, 1.54) is 10.9 Å². The van der Waals surface area contributed by atoms with E-state index >= 15 is 0 Å². The number of carbonyl (C=O) groups excluding carboxylic acids is 1. The van der Waals surface area contributed by atoms with E-state index < -0.39 is 11.6 Å². The Bertz CT molecular complexity index is 825. The number of fused-ring (bicyclic) bond motifs is 1. The van der Waals surface area contributed by atoms with E-state index in [4.69, 9.17) is 4.52 Å². The minimum Gasteiger partial charge on any atom is -0.360 e. The number of aromatic nitrogens is 3. The van der Waals surface area contributed by atoms with Crippen LogP contribution in [0.1, 0.15) is 5.76 Å². The molecule has 2 heterocycles. The van der Waals surface area contributed by atoms with Crippen molar-refractivity contribution >= 4 is 22.8 Å². The molecule has 0 unspecified atom stereocenters. The molecular formula is C13H10F2N4O2. The Balaban J connectivity index is 1.81. The van der Waals surface area contributed by atoms with E-state index in [9.17, 15) is 13.6 Å². The van der Waals surface area contributed by atoms with Crippen LogP contribution in [0.3, 0.4) is 0 Å². The maximum atomic E-state index is 13.3. The van der Waals surface area contributed by atoms with Gasteiger partial charge in [0.1, 0.15) is 12.3 Å². The highest BCUT2D eigenvalue weighted by atomic mass is 19.2. The SMILES string of the molecule is Cc1cc(NC(=O)Cn2cnc3cc(F)c(F)cc32)no1. The monoisotopic (exact) mass is 292 g/mol. The molecule has 0 bridgehead atoms. The molecule has 0 saturated carbocycles. The molecular weight excluding hydrogens is 282 g/mol. The van der Waals surface area contributed by atoms with Crippen LogP contribution in [0.2, 0.25) is 0 Å². The number of nitrogens with zero attached hydrogens (tertiary/aromatic N) is 3. The lowest BCUT2D eigenvalue weighted by atomic mass is 10.3. The van der Waals surface area contributed by atoms with Crippen molar-refractivity contribution in [3.8, 4) is 0 Å². The fourth-order valence-corrected chi connectivity index (χ4v) is 1.94. The number of benzene rings is 1. The lowest BCUT2D eigenvalue weighted by Gasteiger charge is -2.04. The van der Waals surface area contributed by atoms with Crippen LogP contribution in [-0.2, 0) is 11.3 Å². The maximum absolute atomic E-state index is 13.3. The van der Waals surface area contributed by atoms with Crippen LogP contribution in [0.5, 0.6) is 0 Å². The number of hydrogen-bond acceptors (Lipinski definition) is 4. The largest absolute Gasteiger partial charge is 0.360 e. The Morgan fingerprint density at radius 3 is 2.81 bits per heavy atom. The van der Waals surface area contributed by atoms with Crippen molar-refractivity contribution in [2.75, 3.05) is 5.32 Å². The van der Waals surface area contributed by atoms with Gasteiger partial charge in [-0.05, 0) is 6.92 Å². The van der Waals surface area contributed by atoms with Gasteiger partial charge in [-0.3, -0.25) is 4.79 Å². The minimum absolute atomic E-state index is 0.104. The molecule has 1 N–H and O–H groups in total. The molecule has 0 aliphatic rings. The molecule has 8 heteroatoms. The average Bonchev–Trinajstić information content (AvgIpc) is 2.98. The van der Waals surface area contributed by atoms with Crippen LogP contribution in [0.4, 0.5) is 14.6 Å². The predicted molar refractivity (Wildman–Crippen MR) is 69.5 cm³/mol. The van der Waals surface area contributed by atoms with Crippen LogP contribution >= 0.6 is 0 Å². The Labute approximate surface area is 117 Å². The van der Waals surface area contributed by atoms with E-state index in [1.54, 1.807) is 13.0 Å². The molecule has 0 aliphatic heterocycles. The molecule has 0 radical (unpaired) electrons. The molecule has 2 aromatic heterocycles. The van der Waals surface area contributed by atoms with Crippen LogP contribution in [0, 0.1) is 18.6 Å². The van der Waals surface area contributed by atoms with Crippen LogP contribution in [0.15, 0.2) is 29.0 Å². The van der Waals surface area contributed by atoms with E-state index in [0.717, 1.165) is 12.1 Å². The van der Waals surface area contributed by atoms with Gasteiger partial charge in [0, 0.05) is 18.2 Å². The number of halogens is 2. The molecule has 108 valence electrons. The summed E-state index contributed by atoms with van der Waals surface area (Å²) in [7, 11) is 0. The van der Waals surface area contributed by atoms with Crippen LogP contribution in [-0.4, -0.2) is 20.6 Å². The molecule has 3 aromatic rings. The second-order valence-corrected chi connectivity index (χ2v) is 4.50. The van der Waals surface area contributed by atoms with Gasteiger partial charge >= 0.3 is 0 Å². The third-order valence-corrected chi connectivity index (χ3v) is 2.87. The third kappa shape index (κ3) is 2.60. The summed E-state index contributed by atoms with van der Waals surface area (Å²) in [5.41, 5.74) is 0.611. The zero-order chi connectivity index (χ0) is 15.0. The van der Waals surface area contributed by atoms with Gasteiger partial charge in [-0.1, -0.05) is 5.16 Å². The first-order valence-electron chi connectivity index (χ1n) is 6.06. The average molecular weight is 292 g/mol. The highest BCUT2D eigenvalue weighted by Crippen LogP contribution is 2.17. The highest BCUT2D eigenvalue weighted by molar-refractivity contribution is 5.90. The molecule has 0 fully saturated rings. The van der Waals surface area contributed by atoms with Gasteiger partial charge in [-0.25, -0.2) is 13.8 Å². The Morgan fingerprint density at radius 2 is 2.10 bits per heavy atom. The van der Waals surface area contributed by atoms with Crippen molar-refractivity contribution in [2.45, 2.75) is 13.5 Å². The molecule has 0 saturated heterocycles. The van der Waals surface area contributed by atoms with E-state index in [-0.39, 0.29) is 18.0 Å². The number of hydrogen-bond donors (Lipinski definition) is 1. The molecule has 3 rings (SSSR count). The number of imidazole rings is 1. The van der Waals surface area contributed by atoms with Gasteiger partial charge in [0.25, 0.3) is 0 Å². The predicted octanol–water partition coefficient (Wildman–Crippen LogP) is 2.25. The van der Waals surface area contributed by atoms with Gasteiger partial charge in [0.15, 0.2) is 17.5 Å². The molecule has 0 spiro atoms. The third-order valence-electron chi connectivity index (χ3n) is 2.87. The van der Waals surface area contributed by atoms with Crippen molar-refractivity contribution in [2.24, 2.45) is 0 Å². The fraction of sp³-hybridized carbons (Fsp3) is 0.154. The summed E-state index contributed by atoms with van der Waals surface area (Å²) >= 11 is 0. The first-order valence-corrected chi connectivity index (χ1v) is 6.06. The lowest BCUT2D eigenvalue weighted by Crippen LogP contribution is -2.18.